The maximum Gasteiger partial charge on any atom is 0.410 e. The van der Waals surface area contributed by atoms with E-state index >= 15 is 0 Å². The predicted octanol–water partition coefficient (Wildman–Crippen LogP) is 4.03. The zero-order chi connectivity index (χ0) is 14.9. The van der Waals surface area contributed by atoms with E-state index in [1.54, 1.807) is 0 Å². The number of hydrogen-bond donors (Lipinski definition) is 0. The minimum Gasteiger partial charge on any atom is -0.444 e. The summed E-state index contributed by atoms with van der Waals surface area (Å²) in [6.45, 7) is 11.5. The molecule has 1 aromatic rings. The molecule has 0 N–H and O–H groups in total. The van der Waals surface area contributed by atoms with Crippen LogP contribution in [0, 0.1) is 13.8 Å². The largest absolute Gasteiger partial charge is 0.444 e. The SMILES string of the molecule is Cc1ccc(C2CCN(C(=O)OC(C)(C)C)C2)c(C)c1. The van der Waals surface area contributed by atoms with Crippen LogP contribution >= 0.6 is 0 Å². The van der Waals surface area contributed by atoms with Crippen molar-refractivity contribution in [1.82, 2.24) is 4.90 Å². The maximum absolute atomic E-state index is 12.1. The molecule has 1 saturated heterocycles. The highest BCUT2D eigenvalue weighted by molar-refractivity contribution is 5.68. The van der Waals surface area contributed by atoms with Crippen molar-refractivity contribution in [3.8, 4) is 0 Å². The Bertz CT molecular complexity index is 502. The summed E-state index contributed by atoms with van der Waals surface area (Å²) in [5.74, 6) is 0.433. The Balaban J connectivity index is 2.03. The third kappa shape index (κ3) is 3.53. The van der Waals surface area contributed by atoms with Gasteiger partial charge in [0.25, 0.3) is 0 Å². The van der Waals surface area contributed by atoms with Crippen molar-refractivity contribution in [1.29, 1.82) is 0 Å². The third-order valence-electron chi connectivity index (χ3n) is 3.71. The molecule has 1 aliphatic rings. The number of rotatable bonds is 1. The lowest BCUT2D eigenvalue weighted by atomic mass is 9.93. The van der Waals surface area contributed by atoms with Gasteiger partial charge in [0.1, 0.15) is 5.60 Å². The second-order valence-corrected chi connectivity index (χ2v) is 6.77. The Labute approximate surface area is 121 Å². The van der Waals surface area contributed by atoms with E-state index in [0.717, 1.165) is 19.5 Å². The van der Waals surface area contributed by atoms with Crippen LogP contribution in [-0.4, -0.2) is 29.7 Å². The van der Waals surface area contributed by atoms with Gasteiger partial charge in [-0.15, -0.1) is 0 Å². The summed E-state index contributed by atoms with van der Waals surface area (Å²) in [4.78, 5) is 13.9. The first-order valence-corrected chi connectivity index (χ1v) is 7.31. The lowest BCUT2D eigenvalue weighted by Crippen LogP contribution is -2.35. The quantitative estimate of drug-likeness (QED) is 0.774. The monoisotopic (exact) mass is 275 g/mol. The van der Waals surface area contributed by atoms with E-state index in [2.05, 4.69) is 32.0 Å². The molecule has 1 amide bonds. The van der Waals surface area contributed by atoms with Crippen LogP contribution in [0.15, 0.2) is 18.2 Å². The van der Waals surface area contributed by atoms with Crippen LogP contribution < -0.4 is 0 Å². The Hall–Kier alpha value is -1.51. The van der Waals surface area contributed by atoms with Crippen LogP contribution in [-0.2, 0) is 4.74 Å². The molecule has 0 spiro atoms. The van der Waals surface area contributed by atoms with Gasteiger partial charge in [-0.1, -0.05) is 23.8 Å². The molecule has 1 aromatic carbocycles. The lowest BCUT2D eigenvalue weighted by Gasteiger charge is -2.24. The van der Waals surface area contributed by atoms with Crippen molar-refractivity contribution in [2.45, 2.75) is 52.6 Å². The summed E-state index contributed by atoms with van der Waals surface area (Å²) >= 11 is 0. The number of benzene rings is 1. The van der Waals surface area contributed by atoms with Gasteiger partial charge in [0, 0.05) is 19.0 Å². The van der Waals surface area contributed by atoms with Gasteiger partial charge < -0.3 is 9.64 Å². The van der Waals surface area contributed by atoms with Crippen LogP contribution in [0.2, 0.25) is 0 Å². The molecule has 1 aliphatic heterocycles. The van der Waals surface area contributed by atoms with Crippen LogP contribution in [0.5, 0.6) is 0 Å². The van der Waals surface area contributed by atoms with E-state index in [-0.39, 0.29) is 6.09 Å². The molecule has 20 heavy (non-hydrogen) atoms. The summed E-state index contributed by atoms with van der Waals surface area (Å²) < 4.78 is 5.44. The summed E-state index contributed by atoms with van der Waals surface area (Å²) in [5.41, 5.74) is 3.55. The fourth-order valence-electron chi connectivity index (χ4n) is 2.79. The molecule has 110 valence electrons. The van der Waals surface area contributed by atoms with E-state index in [9.17, 15) is 4.79 Å². The van der Waals surface area contributed by atoms with Gasteiger partial charge >= 0.3 is 6.09 Å². The summed E-state index contributed by atoms with van der Waals surface area (Å²) in [6.07, 6.45) is 0.827. The van der Waals surface area contributed by atoms with Gasteiger partial charge in [-0.05, 0) is 52.2 Å². The second kappa shape index (κ2) is 5.47. The molecule has 0 saturated carbocycles. The maximum atomic E-state index is 12.1. The second-order valence-electron chi connectivity index (χ2n) is 6.77. The fourth-order valence-corrected chi connectivity index (χ4v) is 2.79. The van der Waals surface area contributed by atoms with E-state index in [4.69, 9.17) is 4.74 Å². The van der Waals surface area contributed by atoms with Crippen LogP contribution in [0.3, 0.4) is 0 Å². The number of ether oxygens (including phenoxy) is 1. The highest BCUT2D eigenvalue weighted by Crippen LogP contribution is 2.30. The molecule has 1 unspecified atom stereocenters. The van der Waals surface area contributed by atoms with Gasteiger partial charge in [0.05, 0.1) is 0 Å². The number of aryl methyl sites for hydroxylation is 2. The highest BCUT2D eigenvalue weighted by atomic mass is 16.6. The Morgan fingerprint density at radius 3 is 2.60 bits per heavy atom. The van der Waals surface area contributed by atoms with Crippen LogP contribution in [0.4, 0.5) is 4.79 Å². The van der Waals surface area contributed by atoms with Gasteiger partial charge in [-0.2, -0.15) is 0 Å². The first-order valence-electron chi connectivity index (χ1n) is 7.31. The first-order chi connectivity index (χ1) is 9.26. The number of carbonyl (C=O) groups excluding carboxylic acids is 1. The van der Waals surface area contributed by atoms with E-state index in [0.29, 0.717) is 5.92 Å². The average molecular weight is 275 g/mol. The minimum atomic E-state index is -0.422. The van der Waals surface area contributed by atoms with Crippen molar-refractivity contribution < 1.29 is 9.53 Å². The standard InChI is InChI=1S/C17H25NO2/c1-12-6-7-15(13(2)10-12)14-8-9-18(11-14)16(19)20-17(3,4)5/h6-7,10,14H,8-9,11H2,1-5H3. The number of hydrogen-bond acceptors (Lipinski definition) is 2. The van der Waals surface area contributed by atoms with Gasteiger partial charge in [-0.25, -0.2) is 4.79 Å². The molecule has 0 radical (unpaired) electrons. The third-order valence-corrected chi connectivity index (χ3v) is 3.71. The number of likely N-dealkylation sites (tertiary alicyclic amines) is 1. The molecular formula is C17H25NO2. The van der Waals surface area contributed by atoms with Gasteiger partial charge in [-0.3, -0.25) is 0 Å². The Morgan fingerprint density at radius 2 is 2.00 bits per heavy atom. The van der Waals surface area contributed by atoms with Crippen LogP contribution in [0.25, 0.3) is 0 Å². The number of nitrogens with zero attached hydrogens (tertiary/aromatic N) is 1. The fraction of sp³-hybridized carbons (Fsp3) is 0.588. The molecule has 0 bridgehead atoms. The van der Waals surface area contributed by atoms with Crippen molar-refractivity contribution in [2.75, 3.05) is 13.1 Å². The first kappa shape index (κ1) is 14.9. The summed E-state index contributed by atoms with van der Waals surface area (Å²) in [6, 6.07) is 6.57. The summed E-state index contributed by atoms with van der Waals surface area (Å²) in [5, 5.41) is 0. The van der Waals surface area contributed by atoms with Crippen molar-refractivity contribution in [3.63, 3.8) is 0 Å². The number of carbonyl (C=O) groups is 1. The topological polar surface area (TPSA) is 29.5 Å². The molecule has 0 aromatic heterocycles. The Morgan fingerprint density at radius 1 is 1.30 bits per heavy atom. The molecule has 3 nitrogen and oxygen atoms in total. The smallest absolute Gasteiger partial charge is 0.410 e. The van der Waals surface area contributed by atoms with Gasteiger partial charge in [0.2, 0.25) is 0 Å². The highest BCUT2D eigenvalue weighted by Gasteiger charge is 2.30. The van der Waals surface area contributed by atoms with Crippen molar-refractivity contribution in [3.05, 3.63) is 34.9 Å². The predicted molar refractivity (Wildman–Crippen MR) is 81.1 cm³/mol. The van der Waals surface area contributed by atoms with Crippen molar-refractivity contribution >= 4 is 6.09 Å². The minimum absolute atomic E-state index is 0.190. The summed E-state index contributed by atoms with van der Waals surface area (Å²) in [7, 11) is 0. The van der Waals surface area contributed by atoms with E-state index in [1.807, 2.05) is 25.7 Å². The molecular weight excluding hydrogens is 250 g/mol. The average Bonchev–Trinajstić information content (AvgIpc) is 2.75. The number of amides is 1. The molecule has 1 fully saturated rings. The molecule has 1 atom stereocenters. The van der Waals surface area contributed by atoms with E-state index in [1.165, 1.54) is 16.7 Å². The normalized spacial score (nSPS) is 19.2. The van der Waals surface area contributed by atoms with Crippen LogP contribution in [0.1, 0.15) is 49.8 Å². The van der Waals surface area contributed by atoms with Crippen molar-refractivity contribution in [2.24, 2.45) is 0 Å². The zero-order valence-corrected chi connectivity index (χ0v) is 13.2. The zero-order valence-electron chi connectivity index (χ0n) is 13.2. The molecule has 3 heteroatoms. The van der Waals surface area contributed by atoms with Gasteiger partial charge in [0.15, 0.2) is 0 Å². The lowest BCUT2D eigenvalue weighted by molar-refractivity contribution is 0.0292. The molecule has 0 aliphatic carbocycles. The molecule has 1 heterocycles. The van der Waals surface area contributed by atoms with E-state index < -0.39 is 5.60 Å². The Kier molecular flexibility index (Phi) is 4.07. The molecule has 2 rings (SSSR count).